The van der Waals surface area contributed by atoms with Gasteiger partial charge in [0, 0.05) is 19.2 Å². The van der Waals surface area contributed by atoms with Crippen molar-refractivity contribution in [1.82, 2.24) is 29.5 Å². The molecule has 1 saturated carbocycles. The van der Waals surface area contributed by atoms with Crippen LogP contribution < -0.4 is 10.1 Å². The molecular formula is C19H24ClN7O. The molecule has 0 atom stereocenters. The fourth-order valence-electron chi connectivity index (χ4n) is 4.21. The SMILES string of the molecule is Cc1c2c(nn1[C@H]1CC[C@H](C)CC1)OCCCn1nc(Cl)c3cnc(nc31)N2. The number of nitrogens with one attached hydrogen (secondary N) is 1. The molecule has 5 rings (SSSR count). The lowest BCUT2D eigenvalue weighted by Gasteiger charge is -2.27. The van der Waals surface area contributed by atoms with E-state index in [-0.39, 0.29) is 0 Å². The van der Waals surface area contributed by atoms with Gasteiger partial charge in [-0.15, -0.1) is 5.10 Å². The Bertz CT molecular complexity index is 1020. The van der Waals surface area contributed by atoms with Crippen molar-refractivity contribution in [1.29, 1.82) is 0 Å². The van der Waals surface area contributed by atoms with Crippen LogP contribution in [-0.2, 0) is 6.54 Å². The predicted molar refractivity (Wildman–Crippen MR) is 107 cm³/mol. The first-order valence-corrected chi connectivity index (χ1v) is 10.4. The molecule has 0 amide bonds. The fourth-order valence-corrected chi connectivity index (χ4v) is 4.44. The maximum absolute atomic E-state index is 6.23. The lowest BCUT2D eigenvalue weighted by atomic mass is 9.87. The molecule has 3 aromatic rings. The van der Waals surface area contributed by atoms with Crippen LogP contribution in [0.4, 0.5) is 11.6 Å². The molecule has 8 nitrogen and oxygen atoms in total. The second kappa shape index (κ2) is 6.92. The van der Waals surface area contributed by atoms with Crippen LogP contribution in [0.15, 0.2) is 6.20 Å². The molecule has 0 radical (unpaired) electrons. The molecule has 1 N–H and O–H groups in total. The van der Waals surface area contributed by atoms with Gasteiger partial charge in [-0.25, -0.2) is 9.67 Å². The van der Waals surface area contributed by atoms with Crippen molar-refractivity contribution in [2.24, 2.45) is 5.92 Å². The minimum Gasteiger partial charge on any atom is -0.475 e. The minimum absolute atomic E-state index is 0.422. The molecule has 4 heterocycles. The molecule has 148 valence electrons. The average Bonchev–Trinajstić information content (AvgIpc) is 3.16. The van der Waals surface area contributed by atoms with E-state index >= 15 is 0 Å². The number of ether oxygens (including phenoxy) is 1. The molecule has 0 aromatic carbocycles. The molecule has 2 aliphatic rings. The molecule has 0 saturated heterocycles. The van der Waals surface area contributed by atoms with Crippen molar-refractivity contribution in [3.8, 4) is 5.88 Å². The largest absolute Gasteiger partial charge is 0.475 e. The molecule has 1 fully saturated rings. The molecule has 1 aliphatic heterocycles. The van der Waals surface area contributed by atoms with Gasteiger partial charge in [-0.05, 0) is 38.5 Å². The molecule has 9 heteroatoms. The van der Waals surface area contributed by atoms with E-state index in [1.165, 1.54) is 12.8 Å². The van der Waals surface area contributed by atoms with Crippen molar-refractivity contribution in [3.05, 3.63) is 17.0 Å². The lowest BCUT2D eigenvalue weighted by molar-refractivity contribution is 0.254. The summed E-state index contributed by atoms with van der Waals surface area (Å²) in [6.45, 7) is 5.64. The van der Waals surface area contributed by atoms with E-state index in [9.17, 15) is 0 Å². The Kier molecular flexibility index (Phi) is 4.38. The van der Waals surface area contributed by atoms with Crippen molar-refractivity contribution in [3.63, 3.8) is 0 Å². The standard InChI is InChI=1S/C19H24ClN7O/c1-11-4-6-13(7-5-11)27-12(2)15-18(25-27)28-9-3-8-26-17-14(16(20)24-26)10-21-19(22-15)23-17/h10-11,13H,3-9H2,1-2H3,(H,21,22,23)/t11-,13-. The van der Waals surface area contributed by atoms with E-state index in [1.54, 1.807) is 6.20 Å². The van der Waals surface area contributed by atoms with Crippen LogP contribution in [0.1, 0.15) is 50.8 Å². The van der Waals surface area contributed by atoms with Gasteiger partial charge >= 0.3 is 0 Å². The van der Waals surface area contributed by atoms with Crippen LogP contribution in [-0.4, -0.2) is 36.1 Å². The van der Waals surface area contributed by atoms with Gasteiger partial charge in [-0.2, -0.15) is 10.1 Å². The van der Waals surface area contributed by atoms with E-state index in [2.05, 4.69) is 38.9 Å². The van der Waals surface area contributed by atoms with E-state index in [4.69, 9.17) is 21.4 Å². The average molecular weight is 402 g/mol. The lowest BCUT2D eigenvalue weighted by Crippen LogP contribution is -2.19. The number of rotatable bonds is 1. The van der Waals surface area contributed by atoms with Crippen LogP contribution >= 0.6 is 11.6 Å². The Morgan fingerprint density at radius 3 is 2.86 bits per heavy atom. The molecule has 2 bridgehead atoms. The van der Waals surface area contributed by atoms with Crippen LogP contribution in [0.25, 0.3) is 11.0 Å². The summed E-state index contributed by atoms with van der Waals surface area (Å²) in [5.74, 6) is 1.92. The number of aryl methyl sites for hydroxylation is 1. The Hall–Kier alpha value is -2.35. The summed E-state index contributed by atoms with van der Waals surface area (Å²) in [5, 5.41) is 13.7. The van der Waals surface area contributed by atoms with Crippen LogP contribution in [0, 0.1) is 12.8 Å². The van der Waals surface area contributed by atoms with Crippen LogP contribution in [0.3, 0.4) is 0 Å². The molecule has 28 heavy (non-hydrogen) atoms. The van der Waals surface area contributed by atoms with Crippen molar-refractivity contribution in [2.75, 3.05) is 11.9 Å². The normalized spacial score (nSPS) is 22.4. The third kappa shape index (κ3) is 2.99. The zero-order valence-corrected chi connectivity index (χ0v) is 16.9. The highest BCUT2D eigenvalue weighted by molar-refractivity contribution is 6.34. The molecule has 1 aliphatic carbocycles. The number of fused-ring (bicyclic) bond motifs is 2. The van der Waals surface area contributed by atoms with E-state index < -0.39 is 0 Å². The van der Waals surface area contributed by atoms with Crippen molar-refractivity contribution >= 4 is 34.3 Å². The van der Waals surface area contributed by atoms with E-state index in [1.807, 2.05) is 4.68 Å². The van der Waals surface area contributed by atoms with Gasteiger partial charge in [0.15, 0.2) is 10.8 Å². The predicted octanol–water partition coefficient (Wildman–Crippen LogP) is 4.26. The first-order valence-electron chi connectivity index (χ1n) is 9.98. The van der Waals surface area contributed by atoms with Gasteiger partial charge in [-0.1, -0.05) is 18.5 Å². The second-order valence-corrected chi connectivity index (χ2v) is 8.25. The minimum atomic E-state index is 0.422. The van der Waals surface area contributed by atoms with Crippen molar-refractivity contribution in [2.45, 2.75) is 58.5 Å². The highest BCUT2D eigenvalue weighted by Gasteiger charge is 2.26. The van der Waals surface area contributed by atoms with Crippen LogP contribution in [0.5, 0.6) is 5.88 Å². The highest BCUT2D eigenvalue weighted by Crippen LogP contribution is 2.38. The van der Waals surface area contributed by atoms with Gasteiger partial charge < -0.3 is 10.1 Å². The Labute approximate surface area is 168 Å². The first kappa shape index (κ1) is 17.7. The smallest absolute Gasteiger partial charge is 0.257 e. The number of halogens is 1. The maximum atomic E-state index is 6.23. The third-order valence-corrected chi connectivity index (χ3v) is 6.16. The number of hydrogen-bond acceptors (Lipinski definition) is 6. The second-order valence-electron chi connectivity index (χ2n) is 7.90. The van der Waals surface area contributed by atoms with Gasteiger partial charge in [-0.3, -0.25) is 4.68 Å². The Balaban J connectivity index is 1.54. The van der Waals surface area contributed by atoms with Crippen molar-refractivity contribution < 1.29 is 4.74 Å². The van der Waals surface area contributed by atoms with E-state index in [0.717, 1.165) is 47.6 Å². The quantitative estimate of drug-likeness (QED) is 0.655. The van der Waals surface area contributed by atoms with Gasteiger partial charge in [0.05, 0.1) is 23.7 Å². The number of aromatic nitrogens is 6. The summed E-state index contributed by atoms with van der Waals surface area (Å²) >= 11 is 6.23. The zero-order chi connectivity index (χ0) is 19.3. The summed E-state index contributed by atoms with van der Waals surface area (Å²) in [6, 6.07) is 0.422. The summed E-state index contributed by atoms with van der Waals surface area (Å²) < 4.78 is 10.00. The van der Waals surface area contributed by atoms with Gasteiger partial charge in [0.1, 0.15) is 5.69 Å². The summed E-state index contributed by atoms with van der Waals surface area (Å²) in [7, 11) is 0. The monoisotopic (exact) mass is 401 g/mol. The van der Waals surface area contributed by atoms with Crippen LogP contribution in [0.2, 0.25) is 5.15 Å². The number of anilines is 2. The van der Waals surface area contributed by atoms with Gasteiger partial charge in [0.25, 0.3) is 5.88 Å². The summed E-state index contributed by atoms with van der Waals surface area (Å²) in [5.41, 5.74) is 2.64. The van der Waals surface area contributed by atoms with Gasteiger partial charge in [0.2, 0.25) is 5.95 Å². The topological polar surface area (TPSA) is 82.7 Å². The van der Waals surface area contributed by atoms with E-state index in [0.29, 0.717) is 36.2 Å². The fraction of sp³-hybridized carbons (Fsp3) is 0.579. The first-order chi connectivity index (χ1) is 13.6. The Morgan fingerprint density at radius 1 is 1.21 bits per heavy atom. The highest BCUT2D eigenvalue weighted by atomic mass is 35.5. The third-order valence-electron chi connectivity index (χ3n) is 5.88. The summed E-state index contributed by atoms with van der Waals surface area (Å²) in [4.78, 5) is 9.08. The molecule has 3 aromatic heterocycles. The molecule has 0 unspecified atom stereocenters. The number of nitrogens with zero attached hydrogens (tertiary/aromatic N) is 6. The summed E-state index contributed by atoms with van der Waals surface area (Å²) in [6.07, 6.45) is 7.31. The molecule has 0 spiro atoms. The Morgan fingerprint density at radius 2 is 2.04 bits per heavy atom. The molecular weight excluding hydrogens is 378 g/mol. The number of hydrogen-bond donors (Lipinski definition) is 1. The zero-order valence-electron chi connectivity index (χ0n) is 16.2. The maximum Gasteiger partial charge on any atom is 0.257 e.